The summed E-state index contributed by atoms with van der Waals surface area (Å²) in [5.74, 6) is -0.455. The van der Waals surface area contributed by atoms with E-state index in [0.29, 0.717) is 11.1 Å². The first kappa shape index (κ1) is 14.8. The number of aromatic amines is 1. The fraction of sp³-hybridized carbons (Fsp3) is 0.625. The molecule has 20 heavy (non-hydrogen) atoms. The Labute approximate surface area is 120 Å². The molecular weight excluding hydrogens is 252 g/mol. The van der Waals surface area contributed by atoms with E-state index in [1.165, 1.54) is 0 Å². The van der Waals surface area contributed by atoms with Crippen LogP contribution in [-0.4, -0.2) is 16.8 Å². The molecule has 4 nitrogen and oxygen atoms in total. The van der Waals surface area contributed by atoms with Crippen LogP contribution in [0.25, 0.3) is 0 Å². The molecule has 0 saturated carbocycles. The number of rotatable bonds is 8. The maximum atomic E-state index is 11.9. The van der Waals surface area contributed by atoms with Gasteiger partial charge in [-0.2, -0.15) is 0 Å². The fourth-order valence-corrected chi connectivity index (χ4v) is 2.82. The first-order valence-corrected chi connectivity index (χ1v) is 7.78. The van der Waals surface area contributed by atoms with Gasteiger partial charge in [-0.1, -0.05) is 39.5 Å². The summed E-state index contributed by atoms with van der Waals surface area (Å²) in [6, 6.07) is 0. The SMILES string of the molecule is CCCCCc1[nH]c(CCCCC)c2c1C(=O)NC2=O. The van der Waals surface area contributed by atoms with Crippen LogP contribution in [0.4, 0.5) is 0 Å². The number of hydrogen-bond acceptors (Lipinski definition) is 2. The van der Waals surface area contributed by atoms with Crippen molar-refractivity contribution in [2.75, 3.05) is 0 Å². The van der Waals surface area contributed by atoms with Gasteiger partial charge in [-0.3, -0.25) is 14.9 Å². The summed E-state index contributed by atoms with van der Waals surface area (Å²) < 4.78 is 0. The van der Waals surface area contributed by atoms with Gasteiger partial charge in [0.2, 0.25) is 0 Å². The van der Waals surface area contributed by atoms with Crippen LogP contribution >= 0.6 is 0 Å². The van der Waals surface area contributed by atoms with Crippen molar-refractivity contribution < 1.29 is 9.59 Å². The third kappa shape index (κ3) is 2.94. The third-order valence-corrected chi connectivity index (χ3v) is 3.90. The molecule has 0 fully saturated rings. The van der Waals surface area contributed by atoms with Crippen molar-refractivity contribution in [1.82, 2.24) is 10.3 Å². The van der Waals surface area contributed by atoms with E-state index in [0.717, 1.165) is 62.8 Å². The van der Waals surface area contributed by atoms with Gasteiger partial charge in [-0.05, 0) is 25.7 Å². The van der Waals surface area contributed by atoms with Gasteiger partial charge in [0, 0.05) is 11.4 Å². The van der Waals surface area contributed by atoms with Crippen molar-refractivity contribution in [3.8, 4) is 0 Å². The molecule has 1 aromatic heterocycles. The van der Waals surface area contributed by atoms with Gasteiger partial charge in [0.25, 0.3) is 11.8 Å². The molecule has 2 N–H and O–H groups in total. The number of carbonyl (C=O) groups is 2. The number of imide groups is 1. The minimum Gasteiger partial charge on any atom is -0.361 e. The minimum atomic E-state index is -0.227. The van der Waals surface area contributed by atoms with E-state index in [1.54, 1.807) is 0 Å². The van der Waals surface area contributed by atoms with E-state index in [2.05, 4.69) is 24.1 Å². The first-order valence-electron chi connectivity index (χ1n) is 7.78. The van der Waals surface area contributed by atoms with Crippen LogP contribution in [0.15, 0.2) is 0 Å². The van der Waals surface area contributed by atoms with Gasteiger partial charge in [0.05, 0.1) is 11.1 Å². The topological polar surface area (TPSA) is 62.0 Å². The number of unbranched alkanes of at least 4 members (excludes halogenated alkanes) is 4. The van der Waals surface area contributed by atoms with E-state index in [9.17, 15) is 9.59 Å². The highest BCUT2D eigenvalue weighted by molar-refractivity contribution is 6.22. The van der Waals surface area contributed by atoms with Gasteiger partial charge in [0.1, 0.15) is 0 Å². The van der Waals surface area contributed by atoms with Crippen molar-refractivity contribution >= 4 is 11.8 Å². The van der Waals surface area contributed by atoms with Gasteiger partial charge >= 0.3 is 0 Å². The minimum absolute atomic E-state index is 0.227. The molecule has 0 atom stereocenters. The number of amides is 2. The van der Waals surface area contributed by atoms with Crippen LogP contribution < -0.4 is 5.32 Å². The molecule has 0 unspecified atom stereocenters. The smallest absolute Gasteiger partial charge is 0.260 e. The van der Waals surface area contributed by atoms with Gasteiger partial charge in [-0.25, -0.2) is 0 Å². The van der Waals surface area contributed by atoms with Gasteiger partial charge < -0.3 is 4.98 Å². The fourth-order valence-electron chi connectivity index (χ4n) is 2.82. The lowest BCUT2D eigenvalue weighted by Gasteiger charge is -2.02. The maximum absolute atomic E-state index is 11.9. The van der Waals surface area contributed by atoms with E-state index in [4.69, 9.17) is 0 Å². The Balaban J connectivity index is 2.20. The Bertz CT molecular complexity index is 460. The predicted octanol–water partition coefficient (Wildman–Crippen LogP) is 3.36. The van der Waals surface area contributed by atoms with Crippen molar-refractivity contribution in [2.45, 2.75) is 65.2 Å². The number of nitrogens with one attached hydrogen (secondary N) is 2. The average Bonchev–Trinajstić information content (AvgIpc) is 2.91. The lowest BCUT2D eigenvalue weighted by atomic mass is 10.0. The average molecular weight is 276 g/mol. The maximum Gasteiger partial charge on any atom is 0.260 e. The molecule has 2 amide bonds. The number of hydrogen-bond donors (Lipinski definition) is 2. The van der Waals surface area contributed by atoms with Crippen LogP contribution in [0.1, 0.15) is 84.5 Å². The van der Waals surface area contributed by atoms with Gasteiger partial charge in [-0.15, -0.1) is 0 Å². The molecule has 110 valence electrons. The summed E-state index contributed by atoms with van der Waals surface area (Å²) in [7, 11) is 0. The van der Waals surface area contributed by atoms with Crippen molar-refractivity contribution in [3.63, 3.8) is 0 Å². The van der Waals surface area contributed by atoms with Crippen LogP contribution in [0, 0.1) is 0 Å². The molecule has 0 aromatic carbocycles. The Morgan fingerprint density at radius 2 is 1.20 bits per heavy atom. The number of H-pyrrole nitrogens is 1. The molecule has 2 rings (SSSR count). The Hall–Kier alpha value is -1.58. The molecule has 0 aliphatic carbocycles. The van der Waals surface area contributed by atoms with Crippen molar-refractivity contribution in [2.24, 2.45) is 0 Å². The van der Waals surface area contributed by atoms with E-state index in [-0.39, 0.29) is 11.8 Å². The molecule has 0 saturated heterocycles. The molecule has 1 aliphatic rings. The summed E-state index contributed by atoms with van der Waals surface area (Å²) in [6.07, 6.45) is 8.41. The molecule has 0 bridgehead atoms. The summed E-state index contributed by atoms with van der Waals surface area (Å²) in [5, 5.41) is 2.43. The summed E-state index contributed by atoms with van der Waals surface area (Å²) in [6.45, 7) is 4.32. The molecule has 1 aromatic rings. The molecule has 0 spiro atoms. The molecule has 4 heteroatoms. The lowest BCUT2D eigenvalue weighted by molar-refractivity contribution is 0.0878. The second-order valence-corrected chi connectivity index (χ2v) is 5.53. The third-order valence-electron chi connectivity index (χ3n) is 3.90. The number of fused-ring (bicyclic) bond motifs is 1. The Morgan fingerprint density at radius 3 is 1.60 bits per heavy atom. The molecule has 0 radical (unpaired) electrons. The first-order chi connectivity index (χ1) is 9.69. The molecular formula is C16H24N2O2. The number of aromatic nitrogens is 1. The second-order valence-electron chi connectivity index (χ2n) is 5.53. The zero-order valence-electron chi connectivity index (χ0n) is 12.5. The van der Waals surface area contributed by atoms with Crippen molar-refractivity contribution in [1.29, 1.82) is 0 Å². The van der Waals surface area contributed by atoms with Crippen LogP contribution in [0.2, 0.25) is 0 Å². The molecule has 1 aliphatic heterocycles. The predicted molar refractivity (Wildman–Crippen MR) is 79.0 cm³/mol. The highest BCUT2D eigenvalue weighted by Gasteiger charge is 2.34. The van der Waals surface area contributed by atoms with Crippen molar-refractivity contribution in [3.05, 3.63) is 22.5 Å². The van der Waals surface area contributed by atoms with E-state index < -0.39 is 0 Å². The van der Waals surface area contributed by atoms with Crippen LogP contribution in [-0.2, 0) is 12.8 Å². The Morgan fingerprint density at radius 1 is 0.750 bits per heavy atom. The Kier molecular flexibility index (Phi) is 4.99. The quantitative estimate of drug-likeness (QED) is 0.565. The normalized spacial score (nSPS) is 13.7. The monoisotopic (exact) mass is 276 g/mol. The molecule has 2 heterocycles. The zero-order valence-corrected chi connectivity index (χ0v) is 12.5. The number of carbonyl (C=O) groups excluding carboxylic acids is 2. The standard InChI is InChI=1S/C16H24N2O2/c1-3-5-7-9-11-13-14(16(20)18-15(13)19)12(17-11)10-8-6-4-2/h17H,3-10H2,1-2H3,(H,18,19,20). The summed E-state index contributed by atoms with van der Waals surface area (Å²) >= 11 is 0. The summed E-state index contributed by atoms with van der Waals surface area (Å²) in [4.78, 5) is 27.2. The highest BCUT2D eigenvalue weighted by Crippen LogP contribution is 2.26. The largest absolute Gasteiger partial charge is 0.361 e. The summed E-state index contributed by atoms with van der Waals surface area (Å²) in [5.41, 5.74) is 3.11. The van der Waals surface area contributed by atoms with Crippen LogP contribution in [0.3, 0.4) is 0 Å². The van der Waals surface area contributed by atoms with E-state index >= 15 is 0 Å². The number of aryl methyl sites for hydroxylation is 2. The zero-order chi connectivity index (χ0) is 14.5. The lowest BCUT2D eigenvalue weighted by Crippen LogP contribution is -2.22. The highest BCUT2D eigenvalue weighted by atomic mass is 16.2. The van der Waals surface area contributed by atoms with Gasteiger partial charge in [0.15, 0.2) is 0 Å². The van der Waals surface area contributed by atoms with Crippen LogP contribution in [0.5, 0.6) is 0 Å². The van der Waals surface area contributed by atoms with E-state index in [1.807, 2.05) is 0 Å². The second kappa shape index (κ2) is 6.73.